The number of fused-ring (bicyclic) bond motifs is 1. The Morgan fingerprint density at radius 3 is 2.90 bits per heavy atom. The van der Waals surface area contributed by atoms with Crippen molar-refractivity contribution in [3.05, 3.63) is 58.6 Å². The molecule has 0 bridgehead atoms. The maximum absolute atomic E-state index is 13.0. The molecule has 0 unspecified atom stereocenters. The van der Waals surface area contributed by atoms with E-state index in [9.17, 15) is 4.39 Å². The first kappa shape index (κ1) is 12.9. The van der Waals surface area contributed by atoms with Crippen LogP contribution in [0.4, 0.5) is 10.1 Å². The molecule has 0 fully saturated rings. The van der Waals surface area contributed by atoms with Gasteiger partial charge >= 0.3 is 0 Å². The lowest BCUT2D eigenvalue weighted by molar-refractivity contribution is 0.627. The lowest BCUT2D eigenvalue weighted by Crippen LogP contribution is -2.00. The van der Waals surface area contributed by atoms with Crippen molar-refractivity contribution in [2.24, 2.45) is 0 Å². The summed E-state index contributed by atoms with van der Waals surface area (Å²) in [4.78, 5) is 7.54. The molecular formula is C15H13ClFN3. The van der Waals surface area contributed by atoms with Gasteiger partial charge < -0.3 is 10.3 Å². The highest BCUT2D eigenvalue weighted by molar-refractivity contribution is 6.31. The number of aromatic amines is 1. The molecule has 20 heavy (non-hydrogen) atoms. The molecule has 0 saturated carbocycles. The molecule has 0 radical (unpaired) electrons. The molecule has 3 nitrogen and oxygen atoms in total. The van der Waals surface area contributed by atoms with Crippen LogP contribution in [0.2, 0.25) is 5.02 Å². The standard InChI is InChI=1S/C15H13ClFN3/c1-9-19-14-5-4-12(7-15(14)20-9)18-8-10-2-3-11(17)6-13(10)16/h2-7,18H,8H2,1H3,(H,19,20). The largest absolute Gasteiger partial charge is 0.381 e. The minimum atomic E-state index is -0.326. The van der Waals surface area contributed by atoms with Crippen LogP contribution in [-0.4, -0.2) is 9.97 Å². The number of imidazole rings is 1. The van der Waals surface area contributed by atoms with Gasteiger partial charge in [-0.05, 0) is 42.8 Å². The number of halogens is 2. The highest BCUT2D eigenvalue weighted by Gasteiger charge is 2.04. The van der Waals surface area contributed by atoms with Gasteiger partial charge in [-0.25, -0.2) is 9.37 Å². The van der Waals surface area contributed by atoms with Crippen LogP contribution < -0.4 is 5.32 Å². The Kier molecular flexibility index (Phi) is 3.32. The predicted octanol–water partition coefficient (Wildman–Crippen LogP) is 4.28. The SMILES string of the molecule is Cc1nc2ccc(NCc3ccc(F)cc3Cl)cc2[nH]1. The summed E-state index contributed by atoms with van der Waals surface area (Å²) in [7, 11) is 0. The zero-order chi connectivity index (χ0) is 14.1. The van der Waals surface area contributed by atoms with E-state index in [1.54, 1.807) is 6.07 Å². The van der Waals surface area contributed by atoms with Gasteiger partial charge in [0, 0.05) is 17.3 Å². The van der Waals surface area contributed by atoms with Gasteiger partial charge in [-0.1, -0.05) is 17.7 Å². The van der Waals surface area contributed by atoms with Crippen LogP contribution in [0.15, 0.2) is 36.4 Å². The number of aryl methyl sites for hydroxylation is 1. The highest BCUT2D eigenvalue weighted by Crippen LogP contribution is 2.21. The van der Waals surface area contributed by atoms with Gasteiger partial charge in [-0.15, -0.1) is 0 Å². The number of rotatable bonds is 3. The number of hydrogen-bond donors (Lipinski definition) is 2. The number of benzene rings is 2. The van der Waals surface area contributed by atoms with Gasteiger partial charge in [0.15, 0.2) is 0 Å². The van der Waals surface area contributed by atoms with Gasteiger partial charge in [0.25, 0.3) is 0 Å². The molecule has 5 heteroatoms. The molecule has 1 aromatic heterocycles. The van der Waals surface area contributed by atoms with E-state index in [0.717, 1.165) is 28.1 Å². The van der Waals surface area contributed by atoms with Gasteiger partial charge in [-0.2, -0.15) is 0 Å². The summed E-state index contributed by atoms with van der Waals surface area (Å²) in [6.45, 7) is 2.46. The van der Waals surface area contributed by atoms with E-state index in [1.165, 1.54) is 12.1 Å². The molecule has 0 atom stereocenters. The summed E-state index contributed by atoms with van der Waals surface area (Å²) in [6.07, 6.45) is 0. The smallest absolute Gasteiger partial charge is 0.124 e. The van der Waals surface area contributed by atoms with Crippen molar-refractivity contribution >= 4 is 28.3 Å². The Bertz CT molecular complexity index is 767. The van der Waals surface area contributed by atoms with Crippen LogP contribution in [0.5, 0.6) is 0 Å². The van der Waals surface area contributed by atoms with Crippen LogP contribution in [0.3, 0.4) is 0 Å². The van der Waals surface area contributed by atoms with Crippen molar-refractivity contribution in [3.63, 3.8) is 0 Å². The second-order valence-electron chi connectivity index (χ2n) is 4.64. The van der Waals surface area contributed by atoms with Crippen molar-refractivity contribution < 1.29 is 4.39 Å². The van der Waals surface area contributed by atoms with Crippen molar-refractivity contribution in [2.75, 3.05) is 5.32 Å². The van der Waals surface area contributed by atoms with Gasteiger partial charge in [-0.3, -0.25) is 0 Å². The average molecular weight is 290 g/mol. The minimum Gasteiger partial charge on any atom is -0.381 e. The van der Waals surface area contributed by atoms with E-state index in [-0.39, 0.29) is 5.82 Å². The third-order valence-electron chi connectivity index (χ3n) is 3.10. The molecular weight excluding hydrogens is 277 g/mol. The molecule has 1 heterocycles. The first-order valence-corrected chi connectivity index (χ1v) is 6.64. The number of nitrogens with zero attached hydrogens (tertiary/aromatic N) is 1. The van der Waals surface area contributed by atoms with Crippen LogP contribution in [0.1, 0.15) is 11.4 Å². The zero-order valence-electron chi connectivity index (χ0n) is 10.9. The van der Waals surface area contributed by atoms with E-state index in [4.69, 9.17) is 11.6 Å². The van der Waals surface area contributed by atoms with Gasteiger partial charge in [0.05, 0.1) is 11.0 Å². The van der Waals surface area contributed by atoms with Crippen LogP contribution >= 0.6 is 11.6 Å². The van der Waals surface area contributed by atoms with Gasteiger partial charge in [0.1, 0.15) is 11.6 Å². The van der Waals surface area contributed by atoms with E-state index >= 15 is 0 Å². The molecule has 0 aliphatic carbocycles. The average Bonchev–Trinajstić information content (AvgIpc) is 2.77. The fourth-order valence-corrected chi connectivity index (χ4v) is 2.34. The first-order valence-electron chi connectivity index (χ1n) is 6.26. The van der Waals surface area contributed by atoms with Crippen LogP contribution in [0.25, 0.3) is 11.0 Å². The van der Waals surface area contributed by atoms with E-state index < -0.39 is 0 Å². The molecule has 2 aromatic carbocycles. The molecule has 3 aromatic rings. The molecule has 0 spiro atoms. The van der Waals surface area contributed by atoms with E-state index in [0.29, 0.717) is 11.6 Å². The number of anilines is 1. The maximum atomic E-state index is 13.0. The molecule has 3 rings (SSSR count). The predicted molar refractivity (Wildman–Crippen MR) is 79.6 cm³/mol. The van der Waals surface area contributed by atoms with E-state index in [2.05, 4.69) is 15.3 Å². The Labute approximate surface area is 120 Å². The second-order valence-corrected chi connectivity index (χ2v) is 5.05. The Balaban J connectivity index is 1.79. The summed E-state index contributed by atoms with van der Waals surface area (Å²) in [5, 5.41) is 3.69. The Morgan fingerprint density at radius 1 is 1.25 bits per heavy atom. The van der Waals surface area contributed by atoms with Crippen molar-refractivity contribution in [2.45, 2.75) is 13.5 Å². The minimum absolute atomic E-state index is 0.326. The number of hydrogen-bond acceptors (Lipinski definition) is 2. The van der Waals surface area contributed by atoms with Crippen LogP contribution in [-0.2, 0) is 6.54 Å². The molecule has 0 aliphatic heterocycles. The lowest BCUT2D eigenvalue weighted by atomic mass is 10.2. The summed E-state index contributed by atoms with van der Waals surface area (Å²) >= 11 is 6.00. The molecule has 2 N–H and O–H groups in total. The molecule has 102 valence electrons. The lowest BCUT2D eigenvalue weighted by Gasteiger charge is -2.08. The van der Waals surface area contributed by atoms with E-state index in [1.807, 2.05) is 25.1 Å². The quantitative estimate of drug-likeness (QED) is 0.756. The third-order valence-corrected chi connectivity index (χ3v) is 3.45. The maximum Gasteiger partial charge on any atom is 0.124 e. The number of aromatic nitrogens is 2. The molecule has 0 aliphatic rings. The summed E-state index contributed by atoms with van der Waals surface area (Å²) < 4.78 is 13.0. The molecule has 0 amide bonds. The zero-order valence-corrected chi connectivity index (χ0v) is 11.6. The number of nitrogens with one attached hydrogen (secondary N) is 2. The topological polar surface area (TPSA) is 40.7 Å². The number of H-pyrrole nitrogens is 1. The summed E-state index contributed by atoms with van der Waals surface area (Å²) in [5.41, 5.74) is 3.74. The summed E-state index contributed by atoms with van der Waals surface area (Å²) in [5.74, 6) is 0.562. The first-order chi connectivity index (χ1) is 9.61. The fraction of sp³-hybridized carbons (Fsp3) is 0.133. The highest BCUT2D eigenvalue weighted by atomic mass is 35.5. The Hall–Kier alpha value is -2.07. The van der Waals surface area contributed by atoms with Crippen molar-refractivity contribution in [1.29, 1.82) is 0 Å². The van der Waals surface area contributed by atoms with Gasteiger partial charge in [0.2, 0.25) is 0 Å². The van der Waals surface area contributed by atoms with Crippen LogP contribution in [0, 0.1) is 12.7 Å². The normalized spacial score (nSPS) is 10.9. The molecule has 0 saturated heterocycles. The van der Waals surface area contributed by atoms with Crippen molar-refractivity contribution in [3.8, 4) is 0 Å². The monoisotopic (exact) mass is 289 g/mol. The fourth-order valence-electron chi connectivity index (χ4n) is 2.11. The third kappa shape index (κ3) is 2.60. The van der Waals surface area contributed by atoms with Crippen molar-refractivity contribution in [1.82, 2.24) is 9.97 Å². The Morgan fingerprint density at radius 2 is 2.10 bits per heavy atom. The second kappa shape index (κ2) is 5.13. The summed E-state index contributed by atoms with van der Waals surface area (Å²) in [6, 6.07) is 10.3.